The molecule has 0 aliphatic carbocycles. The van der Waals surface area contributed by atoms with Gasteiger partial charge in [0.25, 0.3) is 11.6 Å². The van der Waals surface area contributed by atoms with E-state index in [0.717, 1.165) is 15.4 Å². The van der Waals surface area contributed by atoms with Gasteiger partial charge < -0.3 is 20.3 Å². The molecule has 0 unspecified atom stereocenters. The van der Waals surface area contributed by atoms with Gasteiger partial charge in [-0.15, -0.1) is 11.3 Å². The van der Waals surface area contributed by atoms with E-state index in [1.54, 1.807) is 11.5 Å². The Balaban J connectivity index is 1.51. The van der Waals surface area contributed by atoms with Gasteiger partial charge in [-0.2, -0.15) is 0 Å². The number of ether oxygens (including phenoxy) is 1. The smallest absolute Gasteiger partial charge is 0.292 e. The maximum absolute atomic E-state index is 11.5. The minimum atomic E-state index is -0.694. The number of nitro benzene ring substituents is 1. The number of nitrogens with one attached hydrogen (secondary N) is 1. The van der Waals surface area contributed by atoms with Crippen molar-refractivity contribution in [1.82, 2.24) is 25.4 Å². The maximum Gasteiger partial charge on any atom is 0.292 e. The molecule has 0 atom stereocenters. The molecule has 0 saturated carbocycles. The quantitative estimate of drug-likeness (QED) is 0.135. The second-order valence-corrected chi connectivity index (χ2v) is 9.63. The topological polar surface area (TPSA) is 186 Å². The molecule has 196 valence electrons. The lowest BCUT2D eigenvalue weighted by molar-refractivity contribution is -0.383. The molecule has 1 saturated heterocycles. The number of thiophene rings is 1. The average molecular weight is 538 g/mol. The van der Waals surface area contributed by atoms with Crippen LogP contribution >= 0.6 is 11.3 Å². The molecule has 14 nitrogen and oxygen atoms in total. The van der Waals surface area contributed by atoms with Gasteiger partial charge in [-0.1, -0.05) is 0 Å². The van der Waals surface area contributed by atoms with E-state index in [9.17, 15) is 14.9 Å². The number of nitrogens with zero attached hydrogens (tertiary/aromatic N) is 7. The fourth-order valence-electron chi connectivity index (χ4n) is 4.01. The van der Waals surface area contributed by atoms with E-state index < -0.39 is 10.8 Å². The predicted octanol–water partition coefficient (Wildman–Crippen LogP) is 2.23. The minimum absolute atomic E-state index is 0.0707. The number of hydrogen-bond donors (Lipinski definition) is 3. The zero-order valence-corrected chi connectivity index (χ0v) is 21.0. The zero-order valence-electron chi connectivity index (χ0n) is 20.2. The first kappa shape index (κ1) is 25.2. The monoisotopic (exact) mass is 537 g/mol. The van der Waals surface area contributed by atoms with E-state index in [1.165, 1.54) is 35.9 Å². The molecule has 5 rings (SSSR count). The van der Waals surface area contributed by atoms with Gasteiger partial charge in [0.15, 0.2) is 11.6 Å². The number of hydroxylamine groups is 1. The average Bonchev–Trinajstić information content (AvgIpc) is 3.35. The number of amides is 1. The van der Waals surface area contributed by atoms with E-state index >= 15 is 0 Å². The molecule has 4 aromatic rings. The van der Waals surface area contributed by atoms with Crippen LogP contribution in [0.15, 0.2) is 36.7 Å². The van der Waals surface area contributed by atoms with Crippen LogP contribution in [0.2, 0.25) is 0 Å². The first-order chi connectivity index (χ1) is 18.3. The third-order valence-corrected chi connectivity index (χ3v) is 7.04. The van der Waals surface area contributed by atoms with Crippen molar-refractivity contribution in [3.05, 3.63) is 57.2 Å². The molecule has 0 spiro atoms. The van der Waals surface area contributed by atoms with Crippen LogP contribution in [0.3, 0.4) is 0 Å². The van der Waals surface area contributed by atoms with E-state index in [0.29, 0.717) is 55.7 Å². The molecular formula is C23H23N9O5S. The molecule has 1 amide bonds. The summed E-state index contributed by atoms with van der Waals surface area (Å²) >= 11 is 1.54. The van der Waals surface area contributed by atoms with Gasteiger partial charge >= 0.3 is 0 Å². The summed E-state index contributed by atoms with van der Waals surface area (Å²) in [5, 5.41) is 20.2. The van der Waals surface area contributed by atoms with Crippen LogP contribution in [0.4, 0.5) is 23.1 Å². The maximum atomic E-state index is 11.5. The minimum Gasteiger partial charge on any atom is -0.393 e. The molecule has 1 aliphatic heterocycles. The number of nitro groups is 1. The first-order valence-electron chi connectivity index (χ1n) is 11.5. The molecule has 15 heteroatoms. The van der Waals surface area contributed by atoms with Crippen LogP contribution < -0.4 is 21.0 Å². The van der Waals surface area contributed by atoms with Gasteiger partial charge in [0.05, 0.1) is 40.5 Å². The van der Waals surface area contributed by atoms with Gasteiger partial charge in [0.2, 0.25) is 5.95 Å². The van der Waals surface area contributed by atoms with E-state index in [-0.39, 0.29) is 16.9 Å². The van der Waals surface area contributed by atoms with E-state index in [2.05, 4.69) is 14.9 Å². The number of morpholine rings is 1. The molecule has 3 aromatic heterocycles. The largest absolute Gasteiger partial charge is 0.393 e. The number of nitrogen functional groups attached to an aromatic ring is 1. The Morgan fingerprint density at radius 1 is 1.26 bits per heavy atom. The molecular weight excluding hydrogens is 514 g/mol. The van der Waals surface area contributed by atoms with Crippen LogP contribution in [0.1, 0.15) is 15.2 Å². The van der Waals surface area contributed by atoms with Crippen LogP contribution in [0.5, 0.6) is 0 Å². The van der Waals surface area contributed by atoms with Crippen molar-refractivity contribution in [2.45, 2.75) is 6.54 Å². The highest BCUT2D eigenvalue weighted by Crippen LogP contribution is 2.36. The number of fused-ring (bicyclic) bond motifs is 1. The normalized spacial score (nSPS) is 13.5. The van der Waals surface area contributed by atoms with Gasteiger partial charge in [-0.3, -0.25) is 20.1 Å². The molecule has 1 fully saturated rings. The summed E-state index contributed by atoms with van der Waals surface area (Å²) in [5.74, 6) is 0.801. The van der Waals surface area contributed by atoms with Crippen LogP contribution in [-0.2, 0) is 11.3 Å². The molecule has 0 bridgehead atoms. The summed E-state index contributed by atoms with van der Waals surface area (Å²) in [5.41, 5.74) is 8.54. The third kappa shape index (κ3) is 5.02. The predicted molar refractivity (Wildman–Crippen MR) is 140 cm³/mol. The van der Waals surface area contributed by atoms with Crippen LogP contribution in [-0.4, -0.2) is 69.3 Å². The SMILES string of the molecule is CN(Cc1cc2nc(-c3ccc(N)c([N+](=O)[O-])c3)nc(N3CCOCC3)c2s1)c1ncc(C(=O)NO)cn1. The number of hydrogen-bond acceptors (Lipinski definition) is 13. The molecule has 0 radical (unpaired) electrons. The molecule has 1 aliphatic rings. The highest BCUT2D eigenvalue weighted by molar-refractivity contribution is 7.19. The second-order valence-electron chi connectivity index (χ2n) is 8.50. The summed E-state index contributed by atoms with van der Waals surface area (Å²) in [6, 6.07) is 6.49. The van der Waals surface area contributed by atoms with Gasteiger partial charge in [-0.05, 0) is 18.2 Å². The first-order valence-corrected chi connectivity index (χ1v) is 12.3. The van der Waals surface area contributed by atoms with Crippen molar-refractivity contribution in [2.75, 3.05) is 48.9 Å². The summed E-state index contributed by atoms with van der Waals surface area (Å²) in [6.45, 7) is 2.90. The summed E-state index contributed by atoms with van der Waals surface area (Å²) < 4.78 is 6.40. The summed E-state index contributed by atoms with van der Waals surface area (Å²) in [6.07, 6.45) is 2.66. The molecule has 1 aromatic carbocycles. The Morgan fingerprint density at radius 2 is 2.00 bits per heavy atom. The number of rotatable bonds is 7. The van der Waals surface area contributed by atoms with Crippen LogP contribution in [0, 0.1) is 10.1 Å². The third-order valence-electron chi connectivity index (χ3n) is 5.94. The number of benzene rings is 1. The van der Waals surface area contributed by atoms with Crippen molar-refractivity contribution in [1.29, 1.82) is 0 Å². The molecule has 4 heterocycles. The Kier molecular flexibility index (Phi) is 6.95. The lowest BCUT2D eigenvalue weighted by Crippen LogP contribution is -2.36. The Hall–Kier alpha value is -4.47. The molecule has 4 N–H and O–H groups in total. The van der Waals surface area contributed by atoms with E-state index in [4.69, 9.17) is 25.6 Å². The highest BCUT2D eigenvalue weighted by atomic mass is 32.1. The number of anilines is 3. The lowest BCUT2D eigenvalue weighted by Gasteiger charge is -2.28. The van der Waals surface area contributed by atoms with E-state index in [1.807, 2.05) is 18.0 Å². The highest BCUT2D eigenvalue weighted by Gasteiger charge is 2.22. The van der Waals surface area contributed by atoms with Crippen molar-refractivity contribution in [2.24, 2.45) is 0 Å². The Labute approximate surface area is 219 Å². The van der Waals surface area contributed by atoms with Gasteiger partial charge in [-0.25, -0.2) is 25.4 Å². The van der Waals surface area contributed by atoms with Crippen molar-refractivity contribution >= 4 is 50.6 Å². The lowest BCUT2D eigenvalue weighted by atomic mass is 10.1. The van der Waals surface area contributed by atoms with Gasteiger partial charge in [0, 0.05) is 49.0 Å². The Bertz CT molecular complexity index is 1510. The summed E-state index contributed by atoms with van der Waals surface area (Å²) in [7, 11) is 1.82. The fraction of sp³-hybridized carbons (Fsp3) is 0.261. The Morgan fingerprint density at radius 3 is 2.68 bits per heavy atom. The number of aromatic nitrogens is 4. The second kappa shape index (κ2) is 10.5. The van der Waals surface area contributed by atoms with Crippen molar-refractivity contribution in [3.63, 3.8) is 0 Å². The molecule has 38 heavy (non-hydrogen) atoms. The fourth-order valence-corrected chi connectivity index (χ4v) is 5.17. The van der Waals surface area contributed by atoms with Crippen molar-refractivity contribution in [3.8, 4) is 11.4 Å². The number of carbonyl (C=O) groups is 1. The van der Waals surface area contributed by atoms with Crippen molar-refractivity contribution < 1.29 is 19.7 Å². The summed E-state index contributed by atoms with van der Waals surface area (Å²) in [4.78, 5) is 45.3. The van der Waals surface area contributed by atoms with Crippen LogP contribution in [0.25, 0.3) is 21.6 Å². The number of carbonyl (C=O) groups excluding carboxylic acids is 1. The zero-order chi connectivity index (χ0) is 26.8. The van der Waals surface area contributed by atoms with Gasteiger partial charge in [0.1, 0.15) is 5.69 Å². The number of nitrogens with two attached hydrogens (primary N) is 1. The standard InChI is InChI=1S/C23H23N9O5S/c1-30(23-25-10-14(11-26-23)22(33)29-34)12-15-9-17-19(38-15)21(31-4-6-37-7-5-31)28-20(27-17)13-2-3-16(24)18(8-13)32(35)36/h2-3,8-11,34H,4-7,12,24H2,1H3,(H,29,33).